The van der Waals surface area contributed by atoms with Gasteiger partial charge in [-0.25, -0.2) is 4.39 Å². The van der Waals surface area contributed by atoms with Crippen LogP contribution in [0.3, 0.4) is 0 Å². The normalized spacial score (nSPS) is 16.5. The first-order chi connectivity index (χ1) is 12.4. The Morgan fingerprint density at radius 3 is 2.58 bits per heavy atom. The number of hydrogen-bond donors (Lipinski definition) is 0. The Morgan fingerprint density at radius 1 is 1.19 bits per heavy atom. The molecule has 1 saturated carbocycles. The zero-order chi connectivity index (χ0) is 18.7. The second-order valence-electron chi connectivity index (χ2n) is 6.87. The second-order valence-corrected chi connectivity index (χ2v) is 6.87. The highest BCUT2D eigenvalue weighted by atomic mass is 19.1. The summed E-state index contributed by atoms with van der Waals surface area (Å²) in [5, 5.41) is 1.26. The molecule has 0 amide bonds. The lowest BCUT2D eigenvalue weighted by atomic mass is 9.69. The summed E-state index contributed by atoms with van der Waals surface area (Å²) < 4.78 is 25.6. The van der Waals surface area contributed by atoms with Gasteiger partial charge >= 0.3 is 5.97 Å². The fourth-order valence-corrected chi connectivity index (χ4v) is 3.62. The molecule has 1 aliphatic rings. The number of carbonyl (C=O) groups excluding carboxylic acids is 2. The molecule has 3 rings (SSSR count). The van der Waals surface area contributed by atoms with E-state index >= 15 is 0 Å². The molecule has 0 atom stereocenters. The largest absolute Gasteiger partial charge is 0.494 e. The molecular formula is C21H23FO4. The molecule has 26 heavy (non-hydrogen) atoms. The predicted octanol–water partition coefficient (Wildman–Crippen LogP) is 4.32. The number of ether oxygens (including phenoxy) is 2. The van der Waals surface area contributed by atoms with Crippen LogP contribution in [0, 0.1) is 5.82 Å². The predicted molar refractivity (Wildman–Crippen MR) is 96.9 cm³/mol. The lowest BCUT2D eigenvalue weighted by Crippen LogP contribution is -2.37. The number of esters is 1. The number of Topliss-reactive ketones (excluding diaryl/α,β-unsaturated/α-hetero) is 1. The first kappa shape index (κ1) is 18.4. The van der Waals surface area contributed by atoms with Crippen molar-refractivity contribution in [2.75, 3.05) is 13.2 Å². The van der Waals surface area contributed by atoms with Crippen LogP contribution in [-0.2, 0) is 19.7 Å². The minimum atomic E-state index is -0.521. The number of hydrogen-bond acceptors (Lipinski definition) is 4. The van der Waals surface area contributed by atoms with E-state index in [1.807, 2.05) is 25.1 Å². The van der Waals surface area contributed by atoms with Crippen molar-refractivity contribution in [2.45, 2.75) is 44.9 Å². The lowest BCUT2D eigenvalue weighted by Gasteiger charge is -2.36. The van der Waals surface area contributed by atoms with E-state index in [9.17, 15) is 14.0 Å². The van der Waals surface area contributed by atoms with E-state index in [4.69, 9.17) is 9.47 Å². The molecule has 0 saturated heterocycles. The molecular weight excluding hydrogens is 335 g/mol. The maximum Gasteiger partial charge on any atom is 0.302 e. The summed E-state index contributed by atoms with van der Waals surface area (Å²) >= 11 is 0. The van der Waals surface area contributed by atoms with Crippen LogP contribution in [-0.4, -0.2) is 25.0 Å². The first-order valence-electron chi connectivity index (χ1n) is 8.95. The number of benzene rings is 2. The number of fused-ring (bicyclic) bond motifs is 1. The van der Waals surface area contributed by atoms with Crippen molar-refractivity contribution < 1.29 is 23.5 Å². The van der Waals surface area contributed by atoms with E-state index in [1.165, 1.54) is 13.0 Å². The first-order valence-corrected chi connectivity index (χ1v) is 8.95. The topological polar surface area (TPSA) is 52.6 Å². The Morgan fingerprint density at radius 2 is 1.92 bits per heavy atom. The molecule has 138 valence electrons. The molecule has 5 heteroatoms. The van der Waals surface area contributed by atoms with E-state index < -0.39 is 5.41 Å². The second kappa shape index (κ2) is 7.44. The van der Waals surface area contributed by atoms with E-state index in [2.05, 4.69) is 0 Å². The van der Waals surface area contributed by atoms with Crippen LogP contribution in [0.5, 0.6) is 5.75 Å². The molecule has 0 N–H and O–H groups in total. The van der Waals surface area contributed by atoms with Crippen LogP contribution >= 0.6 is 0 Å². The van der Waals surface area contributed by atoms with Gasteiger partial charge in [0.15, 0.2) is 0 Å². The third-order valence-corrected chi connectivity index (χ3v) is 5.12. The van der Waals surface area contributed by atoms with Crippen molar-refractivity contribution >= 4 is 22.5 Å². The van der Waals surface area contributed by atoms with Gasteiger partial charge in [0, 0.05) is 30.6 Å². The fraction of sp³-hybridized carbons (Fsp3) is 0.429. The number of halogens is 1. The molecule has 0 aliphatic heterocycles. The van der Waals surface area contributed by atoms with E-state index in [0.29, 0.717) is 43.4 Å². The van der Waals surface area contributed by atoms with Gasteiger partial charge in [-0.05, 0) is 48.9 Å². The lowest BCUT2D eigenvalue weighted by molar-refractivity contribution is -0.143. The molecule has 0 spiro atoms. The van der Waals surface area contributed by atoms with Crippen molar-refractivity contribution in [3.8, 4) is 5.75 Å². The SMILES string of the molecule is CCOc1ccc2cc(C3(COC(C)=O)CCC(=O)CC3)cc(F)c2c1. The van der Waals surface area contributed by atoms with Crippen molar-refractivity contribution in [3.63, 3.8) is 0 Å². The average molecular weight is 358 g/mol. The monoisotopic (exact) mass is 358 g/mol. The Hall–Kier alpha value is -2.43. The molecule has 0 radical (unpaired) electrons. The van der Waals surface area contributed by atoms with Gasteiger partial charge in [-0.1, -0.05) is 12.1 Å². The van der Waals surface area contributed by atoms with Gasteiger partial charge in [0.25, 0.3) is 0 Å². The molecule has 0 heterocycles. The van der Waals surface area contributed by atoms with Crippen LogP contribution in [0.25, 0.3) is 10.8 Å². The summed E-state index contributed by atoms with van der Waals surface area (Å²) in [5.41, 5.74) is 0.258. The fourth-order valence-electron chi connectivity index (χ4n) is 3.62. The zero-order valence-electron chi connectivity index (χ0n) is 15.1. The molecule has 1 fully saturated rings. The van der Waals surface area contributed by atoms with Gasteiger partial charge in [-0.2, -0.15) is 0 Å². The van der Waals surface area contributed by atoms with Crippen molar-refractivity contribution in [3.05, 3.63) is 41.7 Å². The maximum absolute atomic E-state index is 14.8. The van der Waals surface area contributed by atoms with Crippen molar-refractivity contribution in [2.24, 2.45) is 0 Å². The van der Waals surface area contributed by atoms with E-state index in [0.717, 1.165) is 10.9 Å². The number of carbonyl (C=O) groups is 2. The third-order valence-electron chi connectivity index (χ3n) is 5.12. The van der Waals surface area contributed by atoms with Gasteiger partial charge in [0.1, 0.15) is 24.0 Å². The Labute approximate surface area is 152 Å². The van der Waals surface area contributed by atoms with Gasteiger partial charge < -0.3 is 9.47 Å². The Balaban J connectivity index is 2.03. The van der Waals surface area contributed by atoms with Gasteiger partial charge in [0.2, 0.25) is 0 Å². The quantitative estimate of drug-likeness (QED) is 0.747. The van der Waals surface area contributed by atoms with E-state index in [1.54, 1.807) is 6.07 Å². The summed E-state index contributed by atoms with van der Waals surface area (Å²) in [6, 6.07) is 8.80. The summed E-state index contributed by atoms with van der Waals surface area (Å²) in [4.78, 5) is 23.0. The Kier molecular flexibility index (Phi) is 5.25. The molecule has 0 unspecified atom stereocenters. The summed E-state index contributed by atoms with van der Waals surface area (Å²) in [5.74, 6) is 0.123. The third kappa shape index (κ3) is 3.71. The highest BCUT2D eigenvalue weighted by molar-refractivity contribution is 5.86. The van der Waals surface area contributed by atoms with Crippen LogP contribution in [0.2, 0.25) is 0 Å². The molecule has 0 aromatic heterocycles. The highest BCUT2D eigenvalue weighted by Gasteiger charge is 2.38. The standard InChI is InChI=1S/C21H23FO4/c1-3-25-18-5-4-15-10-16(11-20(22)19(15)12-18)21(13-26-14(2)23)8-6-17(24)7-9-21/h4-5,10-12H,3,6-9,13H2,1-2H3. The van der Waals surface area contributed by atoms with Gasteiger partial charge in [-0.3, -0.25) is 9.59 Å². The van der Waals surface area contributed by atoms with Crippen LogP contribution in [0.4, 0.5) is 4.39 Å². The highest BCUT2D eigenvalue weighted by Crippen LogP contribution is 2.40. The van der Waals surface area contributed by atoms with E-state index in [-0.39, 0.29) is 24.2 Å². The summed E-state index contributed by atoms with van der Waals surface area (Å²) in [6.07, 6.45) is 1.95. The molecule has 2 aromatic carbocycles. The summed E-state index contributed by atoms with van der Waals surface area (Å²) in [6.45, 7) is 3.92. The smallest absolute Gasteiger partial charge is 0.302 e. The average Bonchev–Trinajstić information content (AvgIpc) is 2.62. The maximum atomic E-state index is 14.8. The van der Waals surface area contributed by atoms with Crippen molar-refractivity contribution in [1.29, 1.82) is 0 Å². The zero-order valence-corrected chi connectivity index (χ0v) is 15.1. The minimum Gasteiger partial charge on any atom is -0.494 e. The molecule has 0 bridgehead atoms. The number of ketones is 1. The van der Waals surface area contributed by atoms with Crippen LogP contribution in [0.15, 0.2) is 30.3 Å². The van der Waals surface area contributed by atoms with Gasteiger partial charge in [-0.15, -0.1) is 0 Å². The van der Waals surface area contributed by atoms with Crippen LogP contribution < -0.4 is 4.74 Å². The Bertz CT molecular complexity index is 833. The minimum absolute atomic E-state index is 0.164. The van der Waals surface area contributed by atoms with Gasteiger partial charge in [0.05, 0.1) is 6.61 Å². The van der Waals surface area contributed by atoms with Crippen molar-refractivity contribution in [1.82, 2.24) is 0 Å². The van der Waals surface area contributed by atoms with Crippen LogP contribution in [0.1, 0.15) is 45.1 Å². The summed E-state index contributed by atoms with van der Waals surface area (Å²) in [7, 11) is 0. The molecule has 4 nitrogen and oxygen atoms in total. The number of rotatable bonds is 5. The molecule has 2 aromatic rings. The molecule has 1 aliphatic carbocycles.